The molecular weight excluding hydrogens is 384 g/mol. The van der Waals surface area contributed by atoms with Crippen LogP contribution in [0.4, 0.5) is 5.69 Å². The van der Waals surface area contributed by atoms with Crippen molar-refractivity contribution in [2.24, 2.45) is 11.1 Å². The molecule has 0 saturated heterocycles. The Hall–Kier alpha value is -1.84. The van der Waals surface area contributed by atoms with Gasteiger partial charge in [-0.1, -0.05) is 25.6 Å². The zero-order valence-electron chi connectivity index (χ0n) is 16.2. The number of thioether (sulfide) groups is 1. The molecular formula is C18H26N4O3S2. The van der Waals surface area contributed by atoms with Gasteiger partial charge in [-0.2, -0.15) is 0 Å². The molecule has 1 amide bonds. The van der Waals surface area contributed by atoms with Gasteiger partial charge in [0.2, 0.25) is 15.9 Å². The number of sulfonamides is 1. The van der Waals surface area contributed by atoms with Gasteiger partial charge in [0.05, 0.1) is 15.8 Å². The van der Waals surface area contributed by atoms with Crippen molar-refractivity contribution in [1.82, 2.24) is 9.55 Å². The van der Waals surface area contributed by atoms with Crippen molar-refractivity contribution in [3.8, 4) is 0 Å². The average Bonchev–Trinajstić information content (AvgIpc) is 2.81. The van der Waals surface area contributed by atoms with Crippen molar-refractivity contribution in [2.75, 3.05) is 5.32 Å². The minimum absolute atomic E-state index is 0.00425. The van der Waals surface area contributed by atoms with E-state index in [0.29, 0.717) is 11.6 Å². The molecule has 2 rings (SSSR count). The van der Waals surface area contributed by atoms with E-state index in [9.17, 15) is 13.2 Å². The highest BCUT2D eigenvalue weighted by molar-refractivity contribution is 8.00. The topological polar surface area (TPSA) is 107 Å². The summed E-state index contributed by atoms with van der Waals surface area (Å²) in [6.07, 6.45) is 0. The third-order valence-corrected chi connectivity index (χ3v) is 6.09. The lowest BCUT2D eigenvalue weighted by molar-refractivity contribution is -0.115. The van der Waals surface area contributed by atoms with Crippen molar-refractivity contribution in [2.45, 2.75) is 56.5 Å². The molecule has 1 atom stereocenters. The summed E-state index contributed by atoms with van der Waals surface area (Å²) in [5.41, 5.74) is 2.58. The Morgan fingerprint density at radius 1 is 1.22 bits per heavy atom. The Balaban J connectivity index is 2.09. The predicted octanol–water partition coefficient (Wildman–Crippen LogP) is 2.92. The Morgan fingerprint density at radius 2 is 1.81 bits per heavy atom. The van der Waals surface area contributed by atoms with Crippen LogP contribution in [0.5, 0.6) is 0 Å². The van der Waals surface area contributed by atoms with Gasteiger partial charge in [0.25, 0.3) is 0 Å². The van der Waals surface area contributed by atoms with Crippen LogP contribution in [0.15, 0.2) is 34.3 Å². The number of aryl methyl sites for hydroxylation is 1. The lowest BCUT2D eigenvalue weighted by Crippen LogP contribution is -2.23. The number of carbonyl (C=O) groups excluding carboxylic acids is 1. The molecule has 0 saturated carbocycles. The fraction of sp³-hybridized carbons (Fsp3) is 0.444. The monoisotopic (exact) mass is 410 g/mol. The highest BCUT2D eigenvalue weighted by Crippen LogP contribution is 2.27. The largest absolute Gasteiger partial charge is 0.325 e. The Labute approximate surface area is 164 Å². The molecule has 9 heteroatoms. The van der Waals surface area contributed by atoms with Gasteiger partial charge in [0, 0.05) is 17.9 Å². The molecule has 2 aromatic rings. The number of nitrogens with two attached hydrogens (primary N) is 1. The van der Waals surface area contributed by atoms with Crippen molar-refractivity contribution >= 4 is 33.4 Å². The number of primary sulfonamides is 1. The van der Waals surface area contributed by atoms with Crippen LogP contribution in [0.1, 0.15) is 32.2 Å². The van der Waals surface area contributed by atoms with E-state index in [1.807, 2.05) is 20.8 Å². The first-order chi connectivity index (χ1) is 12.5. The fourth-order valence-corrected chi connectivity index (χ4v) is 4.00. The van der Waals surface area contributed by atoms with Crippen LogP contribution in [-0.2, 0) is 21.4 Å². The molecule has 0 aliphatic rings. The average molecular weight is 411 g/mol. The number of hydrogen-bond acceptors (Lipinski definition) is 5. The summed E-state index contributed by atoms with van der Waals surface area (Å²) >= 11 is 1.41. The number of hydrogen-bond donors (Lipinski definition) is 2. The van der Waals surface area contributed by atoms with Gasteiger partial charge in [-0.15, -0.1) is 0 Å². The van der Waals surface area contributed by atoms with Crippen molar-refractivity contribution in [1.29, 1.82) is 0 Å². The summed E-state index contributed by atoms with van der Waals surface area (Å²) < 4.78 is 24.7. The number of carbonyl (C=O) groups is 1. The summed E-state index contributed by atoms with van der Waals surface area (Å²) in [6, 6.07) is 5.77. The molecule has 1 aromatic heterocycles. The zero-order chi connectivity index (χ0) is 20.4. The second-order valence-corrected chi connectivity index (χ2v) is 9.76. The third kappa shape index (κ3) is 5.57. The molecule has 0 spiro atoms. The Kier molecular flexibility index (Phi) is 6.72. The molecule has 3 N–H and O–H groups in total. The number of anilines is 1. The van der Waals surface area contributed by atoms with Gasteiger partial charge in [-0.25, -0.2) is 18.5 Å². The van der Waals surface area contributed by atoms with Gasteiger partial charge >= 0.3 is 0 Å². The number of nitrogens with zero attached hydrogens (tertiary/aromatic N) is 2. The van der Waals surface area contributed by atoms with Crippen LogP contribution >= 0.6 is 11.8 Å². The molecule has 1 heterocycles. The molecule has 27 heavy (non-hydrogen) atoms. The predicted molar refractivity (Wildman–Crippen MR) is 108 cm³/mol. The molecule has 0 aliphatic heterocycles. The van der Waals surface area contributed by atoms with Crippen LogP contribution in [0, 0.1) is 19.8 Å². The summed E-state index contributed by atoms with van der Waals surface area (Å²) in [5.74, 6) is 0.288. The van der Waals surface area contributed by atoms with Crippen molar-refractivity contribution in [3.05, 3.63) is 35.7 Å². The number of imidazole rings is 1. The molecule has 148 valence electrons. The first kappa shape index (κ1) is 21.5. The molecule has 7 nitrogen and oxygen atoms in total. The molecule has 0 unspecified atom stereocenters. The van der Waals surface area contributed by atoms with E-state index in [1.165, 1.54) is 36.0 Å². The fourth-order valence-electron chi connectivity index (χ4n) is 2.48. The van der Waals surface area contributed by atoms with E-state index in [0.717, 1.165) is 23.1 Å². The van der Waals surface area contributed by atoms with E-state index in [-0.39, 0.29) is 16.1 Å². The van der Waals surface area contributed by atoms with E-state index in [4.69, 9.17) is 5.14 Å². The van der Waals surface area contributed by atoms with E-state index in [2.05, 4.69) is 28.7 Å². The number of benzene rings is 1. The van der Waals surface area contributed by atoms with Crippen molar-refractivity contribution < 1.29 is 13.2 Å². The second-order valence-electron chi connectivity index (χ2n) is 6.89. The van der Waals surface area contributed by atoms with E-state index >= 15 is 0 Å². The van der Waals surface area contributed by atoms with E-state index < -0.39 is 10.0 Å². The van der Waals surface area contributed by atoms with Crippen LogP contribution in [0.3, 0.4) is 0 Å². The van der Waals surface area contributed by atoms with Crippen LogP contribution in [0.25, 0.3) is 0 Å². The number of aromatic nitrogens is 2. The van der Waals surface area contributed by atoms with Gasteiger partial charge in [0.1, 0.15) is 0 Å². The molecule has 1 aromatic carbocycles. The van der Waals surface area contributed by atoms with Crippen LogP contribution in [-0.4, -0.2) is 29.1 Å². The minimum atomic E-state index is -3.75. The quantitative estimate of drug-likeness (QED) is 0.683. The number of rotatable bonds is 7. The second kappa shape index (κ2) is 8.45. The van der Waals surface area contributed by atoms with Crippen LogP contribution in [0.2, 0.25) is 0 Å². The van der Waals surface area contributed by atoms with Crippen LogP contribution < -0.4 is 10.5 Å². The summed E-state index contributed by atoms with van der Waals surface area (Å²) in [7, 11) is -3.75. The minimum Gasteiger partial charge on any atom is -0.325 e. The Bertz CT molecular complexity index is 919. The summed E-state index contributed by atoms with van der Waals surface area (Å²) in [5, 5.41) is 8.33. The van der Waals surface area contributed by atoms with Gasteiger partial charge in [-0.05, 0) is 51.0 Å². The highest BCUT2D eigenvalue weighted by Gasteiger charge is 2.20. The summed E-state index contributed by atoms with van der Waals surface area (Å²) in [4.78, 5) is 17.1. The normalized spacial score (nSPS) is 13.0. The van der Waals surface area contributed by atoms with Gasteiger partial charge < -0.3 is 9.88 Å². The maximum absolute atomic E-state index is 12.5. The Morgan fingerprint density at radius 3 is 2.33 bits per heavy atom. The maximum atomic E-state index is 12.5. The standard InChI is InChI=1S/C18H26N4O3S2/c1-11(2)10-22-13(4)12(3)20-18(22)26-14(5)17(23)21-15-6-8-16(9-7-15)27(19,24)25/h6-9,11,14H,10H2,1-5H3,(H,21,23)(H2,19,24,25)/t14-/m1/s1. The third-order valence-electron chi connectivity index (χ3n) is 4.07. The SMILES string of the molecule is Cc1nc(S[C@H](C)C(=O)Nc2ccc(S(N)(=O)=O)cc2)n(CC(C)C)c1C. The maximum Gasteiger partial charge on any atom is 0.238 e. The molecule has 0 aliphatic carbocycles. The van der Waals surface area contributed by atoms with Crippen molar-refractivity contribution in [3.63, 3.8) is 0 Å². The first-order valence-electron chi connectivity index (χ1n) is 8.63. The highest BCUT2D eigenvalue weighted by atomic mass is 32.2. The zero-order valence-corrected chi connectivity index (χ0v) is 17.8. The van der Waals surface area contributed by atoms with Gasteiger partial charge in [-0.3, -0.25) is 4.79 Å². The molecule has 0 fully saturated rings. The molecule has 0 bridgehead atoms. The lowest BCUT2D eigenvalue weighted by Gasteiger charge is -2.15. The summed E-state index contributed by atoms with van der Waals surface area (Å²) in [6.45, 7) is 11.0. The van der Waals surface area contributed by atoms with E-state index in [1.54, 1.807) is 0 Å². The lowest BCUT2D eigenvalue weighted by atomic mass is 10.2. The number of amides is 1. The van der Waals surface area contributed by atoms with Gasteiger partial charge in [0.15, 0.2) is 5.16 Å². The molecule has 0 radical (unpaired) electrons. The first-order valence-corrected chi connectivity index (χ1v) is 11.1. The smallest absolute Gasteiger partial charge is 0.238 e. The number of nitrogens with one attached hydrogen (secondary N) is 1.